The molecule has 0 radical (unpaired) electrons. The first-order chi connectivity index (χ1) is 9.70. The van der Waals surface area contributed by atoms with Crippen LogP contribution in [0.25, 0.3) is 0 Å². The van der Waals surface area contributed by atoms with Crippen molar-refractivity contribution >= 4 is 22.4 Å². The number of nitrogens with zero attached hydrogens (tertiary/aromatic N) is 1. The number of carbonyl (C=O) groups excluding carboxylic acids is 1. The summed E-state index contributed by atoms with van der Waals surface area (Å²) in [5, 5.41) is 7.13. The van der Waals surface area contributed by atoms with Gasteiger partial charge in [-0.05, 0) is 57.0 Å². The van der Waals surface area contributed by atoms with Gasteiger partial charge in [-0.25, -0.2) is 4.98 Å². The number of aryl methyl sites for hydroxylation is 1. The maximum Gasteiger partial charge on any atom is 0.226 e. The van der Waals surface area contributed by atoms with Crippen LogP contribution in [0.5, 0.6) is 0 Å². The van der Waals surface area contributed by atoms with Crippen molar-refractivity contribution in [3.63, 3.8) is 0 Å². The number of thiazole rings is 1. The maximum absolute atomic E-state index is 12.0. The van der Waals surface area contributed by atoms with Gasteiger partial charge in [0.1, 0.15) is 0 Å². The highest BCUT2D eigenvalue weighted by Crippen LogP contribution is 2.32. The lowest BCUT2D eigenvalue weighted by molar-refractivity contribution is -0.116. The minimum atomic E-state index is 0.121. The van der Waals surface area contributed by atoms with Gasteiger partial charge in [0.25, 0.3) is 0 Å². The van der Waals surface area contributed by atoms with E-state index in [1.807, 2.05) is 0 Å². The molecule has 2 atom stereocenters. The number of carbonyl (C=O) groups is 1. The van der Waals surface area contributed by atoms with Crippen LogP contribution in [0.4, 0.5) is 5.13 Å². The second-order valence-electron chi connectivity index (χ2n) is 6.18. The molecule has 2 unspecified atom stereocenters. The van der Waals surface area contributed by atoms with Crippen LogP contribution in [0.2, 0.25) is 0 Å². The van der Waals surface area contributed by atoms with E-state index >= 15 is 0 Å². The van der Waals surface area contributed by atoms with E-state index in [2.05, 4.69) is 22.5 Å². The Morgan fingerprint density at radius 2 is 2.40 bits per heavy atom. The summed E-state index contributed by atoms with van der Waals surface area (Å²) in [5.74, 6) is 1.54. The van der Waals surface area contributed by atoms with Crippen LogP contribution in [0.3, 0.4) is 0 Å². The molecule has 110 valence electrons. The van der Waals surface area contributed by atoms with Crippen molar-refractivity contribution in [3.8, 4) is 0 Å². The van der Waals surface area contributed by atoms with Crippen molar-refractivity contribution in [1.82, 2.24) is 10.3 Å². The Bertz CT molecular complexity index is 479. The molecule has 4 nitrogen and oxygen atoms in total. The third-order valence-electron chi connectivity index (χ3n) is 4.37. The Morgan fingerprint density at radius 3 is 3.20 bits per heavy atom. The third kappa shape index (κ3) is 3.38. The van der Waals surface area contributed by atoms with Crippen LogP contribution in [0.1, 0.15) is 43.2 Å². The number of nitrogens with one attached hydrogen (secondary N) is 2. The molecule has 20 heavy (non-hydrogen) atoms. The van der Waals surface area contributed by atoms with E-state index in [0.29, 0.717) is 12.3 Å². The van der Waals surface area contributed by atoms with E-state index < -0.39 is 0 Å². The number of hydrogen-bond acceptors (Lipinski definition) is 4. The average molecular weight is 293 g/mol. The van der Waals surface area contributed by atoms with E-state index in [9.17, 15) is 4.79 Å². The van der Waals surface area contributed by atoms with Crippen molar-refractivity contribution in [2.45, 2.75) is 45.4 Å². The molecule has 0 aromatic carbocycles. The molecule has 1 aliphatic heterocycles. The Labute approximate surface area is 124 Å². The lowest BCUT2D eigenvalue weighted by Crippen LogP contribution is -2.15. The van der Waals surface area contributed by atoms with Crippen LogP contribution >= 0.6 is 11.3 Å². The number of fused-ring (bicyclic) bond motifs is 1. The van der Waals surface area contributed by atoms with Crippen molar-refractivity contribution in [1.29, 1.82) is 0 Å². The second kappa shape index (κ2) is 6.22. The fourth-order valence-electron chi connectivity index (χ4n) is 3.07. The first-order valence-corrected chi connectivity index (χ1v) is 8.51. The highest BCUT2D eigenvalue weighted by Gasteiger charge is 2.21. The molecule has 1 fully saturated rings. The van der Waals surface area contributed by atoms with Gasteiger partial charge in [-0.1, -0.05) is 6.92 Å². The van der Waals surface area contributed by atoms with Gasteiger partial charge in [0, 0.05) is 11.3 Å². The van der Waals surface area contributed by atoms with Crippen LogP contribution in [-0.4, -0.2) is 24.0 Å². The standard InChI is InChI=1S/C15H23N3OS/c1-10-2-4-12-13(8-10)20-15(17-12)18-14(19)5-3-11-6-7-16-9-11/h10-11,16H,2-9H2,1H3,(H,17,18,19). The van der Waals surface area contributed by atoms with Gasteiger partial charge >= 0.3 is 0 Å². The fraction of sp³-hybridized carbons (Fsp3) is 0.733. The molecular formula is C15H23N3OS. The molecule has 2 aliphatic rings. The Balaban J connectivity index is 1.51. The predicted molar refractivity (Wildman–Crippen MR) is 82.1 cm³/mol. The summed E-state index contributed by atoms with van der Waals surface area (Å²) in [7, 11) is 0. The minimum absolute atomic E-state index is 0.121. The number of hydrogen-bond donors (Lipinski definition) is 2. The minimum Gasteiger partial charge on any atom is -0.316 e. The summed E-state index contributed by atoms with van der Waals surface area (Å²) < 4.78 is 0. The van der Waals surface area contributed by atoms with E-state index in [1.54, 1.807) is 11.3 Å². The lowest BCUT2D eigenvalue weighted by Gasteiger charge is -2.15. The van der Waals surface area contributed by atoms with Gasteiger partial charge in [0.2, 0.25) is 5.91 Å². The lowest BCUT2D eigenvalue weighted by atomic mass is 9.93. The van der Waals surface area contributed by atoms with E-state index in [0.717, 1.165) is 43.4 Å². The second-order valence-corrected chi connectivity index (χ2v) is 7.27. The van der Waals surface area contributed by atoms with E-state index in [1.165, 1.54) is 23.4 Å². The first kappa shape index (κ1) is 14.0. The van der Waals surface area contributed by atoms with Crippen LogP contribution in [-0.2, 0) is 17.6 Å². The van der Waals surface area contributed by atoms with Gasteiger partial charge in [-0.3, -0.25) is 4.79 Å². The smallest absolute Gasteiger partial charge is 0.226 e. The zero-order valence-corrected chi connectivity index (χ0v) is 12.9. The maximum atomic E-state index is 12.0. The highest BCUT2D eigenvalue weighted by molar-refractivity contribution is 7.15. The molecule has 0 saturated carbocycles. The number of aromatic nitrogens is 1. The zero-order valence-electron chi connectivity index (χ0n) is 12.1. The molecule has 3 rings (SSSR count). The Hall–Kier alpha value is -0.940. The van der Waals surface area contributed by atoms with Crippen LogP contribution in [0.15, 0.2) is 0 Å². The van der Waals surface area contributed by atoms with Gasteiger partial charge in [0.15, 0.2) is 5.13 Å². The summed E-state index contributed by atoms with van der Waals surface area (Å²) in [5.41, 5.74) is 1.21. The Kier molecular flexibility index (Phi) is 4.36. The molecule has 1 aliphatic carbocycles. The predicted octanol–water partition coefficient (Wildman–Crippen LogP) is 2.60. The molecule has 2 heterocycles. The summed E-state index contributed by atoms with van der Waals surface area (Å²) in [6, 6.07) is 0. The van der Waals surface area contributed by atoms with Crippen molar-refractivity contribution in [2.24, 2.45) is 11.8 Å². The zero-order chi connectivity index (χ0) is 13.9. The summed E-state index contributed by atoms with van der Waals surface area (Å²) in [6.07, 6.45) is 6.22. The monoisotopic (exact) mass is 293 g/mol. The van der Waals surface area contributed by atoms with Crippen LogP contribution in [0, 0.1) is 11.8 Å². The molecule has 1 saturated heterocycles. The molecule has 1 aromatic rings. The first-order valence-electron chi connectivity index (χ1n) is 7.70. The van der Waals surface area contributed by atoms with Crippen molar-refractivity contribution < 1.29 is 4.79 Å². The van der Waals surface area contributed by atoms with Crippen molar-refractivity contribution in [2.75, 3.05) is 18.4 Å². The van der Waals surface area contributed by atoms with Gasteiger partial charge in [-0.15, -0.1) is 11.3 Å². The normalized spacial score (nSPS) is 25.4. The van der Waals surface area contributed by atoms with E-state index in [4.69, 9.17) is 0 Å². The number of rotatable bonds is 4. The summed E-state index contributed by atoms with van der Waals surface area (Å²) in [6.45, 7) is 4.46. The molecule has 0 spiro atoms. The van der Waals surface area contributed by atoms with E-state index in [-0.39, 0.29) is 5.91 Å². The quantitative estimate of drug-likeness (QED) is 0.897. The average Bonchev–Trinajstić information content (AvgIpc) is 3.04. The summed E-state index contributed by atoms with van der Waals surface area (Å²) in [4.78, 5) is 17.9. The van der Waals surface area contributed by atoms with Gasteiger partial charge in [0.05, 0.1) is 5.69 Å². The molecule has 1 amide bonds. The number of amides is 1. The van der Waals surface area contributed by atoms with Gasteiger partial charge in [-0.2, -0.15) is 0 Å². The molecule has 0 bridgehead atoms. The van der Waals surface area contributed by atoms with Crippen molar-refractivity contribution in [3.05, 3.63) is 10.6 Å². The number of anilines is 1. The molecule has 5 heteroatoms. The third-order valence-corrected chi connectivity index (χ3v) is 5.41. The Morgan fingerprint density at radius 1 is 1.50 bits per heavy atom. The molecule has 1 aromatic heterocycles. The topological polar surface area (TPSA) is 54.0 Å². The molecule has 2 N–H and O–H groups in total. The fourth-order valence-corrected chi connectivity index (χ4v) is 4.26. The SMILES string of the molecule is CC1CCc2nc(NC(=O)CCC3CCNC3)sc2C1. The van der Waals surface area contributed by atoms with Crippen LogP contribution < -0.4 is 10.6 Å². The highest BCUT2D eigenvalue weighted by atomic mass is 32.1. The molecular weight excluding hydrogens is 270 g/mol. The largest absolute Gasteiger partial charge is 0.316 e. The van der Waals surface area contributed by atoms with Gasteiger partial charge < -0.3 is 10.6 Å². The summed E-state index contributed by atoms with van der Waals surface area (Å²) >= 11 is 1.67.